The van der Waals surface area contributed by atoms with E-state index in [2.05, 4.69) is 16.1 Å². The molecule has 0 aromatic rings. The summed E-state index contributed by atoms with van der Waals surface area (Å²) in [5.74, 6) is 2.28. The quantitative estimate of drug-likeness (QED) is 0.519. The molecule has 1 aliphatic heterocycles. The summed E-state index contributed by atoms with van der Waals surface area (Å²) in [5.41, 5.74) is -0.617. The van der Waals surface area contributed by atoms with Gasteiger partial charge in [0.05, 0.1) is 13.7 Å². The molecule has 0 saturated carbocycles. The lowest BCUT2D eigenvalue weighted by molar-refractivity contribution is -0.150. The van der Waals surface area contributed by atoms with Crippen LogP contribution in [0.15, 0.2) is 0 Å². The van der Waals surface area contributed by atoms with Crippen molar-refractivity contribution in [3.63, 3.8) is 0 Å². The van der Waals surface area contributed by atoms with Gasteiger partial charge in [-0.2, -0.15) is 0 Å². The van der Waals surface area contributed by atoms with Gasteiger partial charge in [-0.15, -0.1) is 6.42 Å². The minimum absolute atomic E-state index is 0.218. The predicted octanol–water partition coefficient (Wildman–Crippen LogP) is -0.153. The number of nitrogens with zero attached hydrogens (tertiary/aromatic N) is 1. The van der Waals surface area contributed by atoms with Crippen molar-refractivity contribution in [1.82, 2.24) is 10.2 Å². The van der Waals surface area contributed by atoms with Gasteiger partial charge < -0.3 is 9.64 Å². The first-order valence-electron chi connectivity index (χ1n) is 5.10. The highest BCUT2D eigenvalue weighted by Crippen LogP contribution is 2.21. The number of piperidine rings is 1. The first-order valence-corrected chi connectivity index (χ1v) is 5.10. The monoisotopic (exact) mass is 210 g/mol. The van der Waals surface area contributed by atoms with Crippen LogP contribution in [-0.2, 0) is 9.53 Å². The van der Waals surface area contributed by atoms with Crippen molar-refractivity contribution >= 4 is 5.97 Å². The van der Waals surface area contributed by atoms with Crippen LogP contribution in [-0.4, -0.2) is 50.2 Å². The Morgan fingerprint density at radius 1 is 1.73 bits per heavy atom. The number of rotatable bonds is 3. The molecule has 1 heterocycles. The van der Waals surface area contributed by atoms with Gasteiger partial charge in [-0.25, -0.2) is 0 Å². The third kappa shape index (κ3) is 2.71. The molecule has 0 spiro atoms. The number of esters is 1. The SMILES string of the molecule is C#CCNC1(C(=O)OC)CCCN(C)C1. The number of hydrogen-bond donors (Lipinski definition) is 1. The van der Waals surface area contributed by atoms with Crippen LogP contribution in [0.25, 0.3) is 0 Å². The number of nitrogens with one attached hydrogen (secondary N) is 1. The molecule has 0 aromatic carbocycles. The maximum absolute atomic E-state index is 11.8. The van der Waals surface area contributed by atoms with Crippen LogP contribution in [0, 0.1) is 12.3 Å². The Morgan fingerprint density at radius 3 is 3.00 bits per heavy atom. The van der Waals surface area contributed by atoms with Gasteiger partial charge >= 0.3 is 5.97 Å². The maximum atomic E-state index is 11.8. The summed E-state index contributed by atoms with van der Waals surface area (Å²) in [4.78, 5) is 13.9. The van der Waals surface area contributed by atoms with Crippen LogP contribution in [0.4, 0.5) is 0 Å². The highest BCUT2D eigenvalue weighted by molar-refractivity contribution is 5.81. The Balaban J connectivity index is 2.75. The Kier molecular flexibility index (Phi) is 4.13. The van der Waals surface area contributed by atoms with Crippen LogP contribution in [0.1, 0.15) is 12.8 Å². The molecule has 1 N–H and O–H groups in total. The molecule has 0 aliphatic carbocycles. The van der Waals surface area contributed by atoms with E-state index in [9.17, 15) is 4.79 Å². The topological polar surface area (TPSA) is 41.6 Å². The lowest BCUT2D eigenvalue weighted by Gasteiger charge is -2.39. The summed E-state index contributed by atoms with van der Waals surface area (Å²) >= 11 is 0. The Hall–Kier alpha value is -1.05. The van der Waals surface area contributed by atoms with E-state index >= 15 is 0 Å². The fourth-order valence-electron chi connectivity index (χ4n) is 2.07. The summed E-state index contributed by atoms with van der Waals surface area (Å²) < 4.78 is 4.84. The first kappa shape index (κ1) is 12.0. The van der Waals surface area contributed by atoms with Crippen molar-refractivity contribution in [2.75, 3.05) is 33.8 Å². The Morgan fingerprint density at radius 2 is 2.47 bits per heavy atom. The molecule has 1 unspecified atom stereocenters. The summed E-state index contributed by atoms with van der Waals surface area (Å²) in [6.07, 6.45) is 6.96. The van der Waals surface area contributed by atoms with Crippen molar-refractivity contribution in [1.29, 1.82) is 0 Å². The molecule has 0 radical (unpaired) electrons. The molecule has 0 bridgehead atoms. The van der Waals surface area contributed by atoms with E-state index in [1.807, 2.05) is 7.05 Å². The summed E-state index contributed by atoms with van der Waals surface area (Å²) in [5, 5.41) is 3.11. The van der Waals surface area contributed by atoms with Crippen LogP contribution in [0.3, 0.4) is 0 Å². The second kappa shape index (κ2) is 5.15. The zero-order valence-corrected chi connectivity index (χ0v) is 9.38. The van der Waals surface area contributed by atoms with E-state index in [1.165, 1.54) is 7.11 Å². The fourth-order valence-corrected chi connectivity index (χ4v) is 2.07. The summed E-state index contributed by atoms with van der Waals surface area (Å²) in [6, 6.07) is 0. The smallest absolute Gasteiger partial charge is 0.327 e. The van der Waals surface area contributed by atoms with Crippen molar-refractivity contribution in [3.05, 3.63) is 0 Å². The largest absolute Gasteiger partial charge is 0.468 e. The zero-order chi connectivity index (χ0) is 11.3. The molecule has 0 aromatic heterocycles. The first-order chi connectivity index (χ1) is 7.14. The number of ether oxygens (including phenoxy) is 1. The fraction of sp³-hybridized carbons (Fsp3) is 0.727. The molecule has 1 aliphatic rings. The van der Waals surface area contributed by atoms with Crippen LogP contribution < -0.4 is 5.32 Å². The van der Waals surface area contributed by atoms with Crippen molar-refractivity contribution in [3.8, 4) is 12.3 Å². The number of terminal acetylenes is 1. The predicted molar refractivity (Wildman–Crippen MR) is 58.3 cm³/mol. The minimum atomic E-state index is -0.617. The average molecular weight is 210 g/mol. The van der Waals surface area contributed by atoms with E-state index in [-0.39, 0.29) is 5.97 Å². The standard InChI is InChI=1S/C11H18N2O2/c1-4-7-12-11(10(14)15-3)6-5-8-13(2)9-11/h1,12H,5-9H2,2-3H3. The Labute approximate surface area is 91.0 Å². The van der Waals surface area contributed by atoms with Crippen molar-refractivity contribution in [2.24, 2.45) is 0 Å². The van der Waals surface area contributed by atoms with Crippen molar-refractivity contribution < 1.29 is 9.53 Å². The molecule has 84 valence electrons. The number of carbonyl (C=O) groups excluding carboxylic acids is 1. The molecule has 4 heteroatoms. The van der Waals surface area contributed by atoms with E-state index in [0.717, 1.165) is 19.4 Å². The van der Waals surface area contributed by atoms with Gasteiger partial charge in [0.1, 0.15) is 5.54 Å². The van der Waals surface area contributed by atoms with E-state index in [0.29, 0.717) is 13.1 Å². The zero-order valence-electron chi connectivity index (χ0n) is 9.38. The number of likely N-dealkylation sites (N-methyl/N-ethyl adjacent to an activating group) is 1. The van der Waals surface area contributed by atoms with E-state index in [1.54, 1.807) is 0 Å². The van der Waals surface area contributed by atoms with E-state index < -0.39 is 5.54 Å². The van der Waals surface area contributed by atoms with Crippen LogP contribution >= 0.6 is 0 Å². The second-order valence-corrected chi connectivity index (χ2v) is 3.97. The van der Waals surface area contributed by atoms with Gasteiger partial charge in [-0.05, 0) is 26.4 Å². The number of carbonyl (C=O) groups is 1. The van der Waals surface area contributed by atoms with Gasteiger partial charge in [-0.3, -0.25) is 10.1 Å². The molecular weight excluding hydrogens is 192 g/mol. The normalized spacial score (nSPS) is 27.0. The summed E-state index contributed by atoms with van der Waals surface area (Å²) in [7, 11) is 3.41. The van der Waals surface area contributed by atoms with Crippen LogP contribution in [0.2, 0.25) is 0 Å². The lowest BCUT2D eigenvalue weighted by atomic mass is 9.89. The molecule has 1 fully saturated rings. The van der Waals surface area contributed by atoms with Crippen LogP contribution in [0.5, 0.6) is 0 Å². The molecule has 15 heavy (non-hydrogen) atoms. The number of hydrogen-bond acceptors (Lipinski definition) is 4. The third-order valence-electron chi connectivity index (χ3n) is 2.79. The molecule has 4 nitrogen and oxygen atoms in total. The molecular formula is C11H18N2O2. The average Bonchev–Trinajstić information content (AvgIpc) is 2.25. The molecule has 1 rings (SSSR count). The second-order valence-electron chi connectivity index (χ2n) is 3.97. The van der Waals surface area contributed by atoms with Gasteiger partial charge in [-0.1, -0.05) is 5.92 Å². The highest BCUT2D eigenvalue weighted by atomic mass is 16.5. The molecule has 0 amide bonds. The maximum Gasteiger partial charge on any atom is 0.327 e. The van der Waals surface area contributed by atoms with Crippen molar-refractivity contribution in [2.45, 2.75) is 18.4 Å². The van der Waals surface area contributed by atoms with E-state index in [4.69, 9.17) is 11.2 Å². The number of methoxy groups -OCH3 is 1. The van der Waals surface area contributed by atoms with Gasteiger partial charge in [0.15, 0.2) is 0 Å². The third-order valence-corrected chi connectivity index (χ3v) is 2.79. The summed E-state index contributed by atoms with van der Waals surface area (Å²) in [6.45, 7) is 2.06. The van der Waals surface area contributed by atoms with Gasteiger partial charge in [0, 0.05) is 6.54 Å². The van der Waals surface area contributed by atoms with Gasteiger partial charge in [0.25, 0.3) is 0 Å². The lowest BCUT2D eigenvalue weighted by Crippen LogP contribution is -2.61. The Bertz CT molecular complexity index is 272. The highest BCUT2D eigenvalue weighted by Gasteiger charge is 2.41. The molecule has 1 atom stereocenters. The number of likely N-dealkylation sites (tertiary alicyclic amines) is 1. The molecule has 1 saturated heterocycles. The van der Waals surface area contributed by atoms with Gasteiger partial charge in [0.2, 0.25) is 0 Å². The minimum Gasteiger partial charge on any atom is -0.468 e.